The molecule has 2 aromatic carbocycles. The van der Waals surface area contributed by atoms with Crippen LogP contribution in [-0.4, -0.2) is 46.5 Å². The molecule has 1 fully saturated rings. The maximum atomic E-state index is 13.6. The van der Waals surface area contributed by atoms with Crippen LogP contribution in [0.25, 0.3) is 21.8 Å². The molecule has 1 aliphatic heterocycles. The van der Waals surface area contributed by atoms with Gasteiger partial charge in [0.2, 0.25) is 0 Å². The predicted octanol–water partition coefficient (Wildman–Crippen LogP) is 3.48. The number of hydrogen-bond donors (Lipinski definition) is 1. The molecule has 3 aromatic rings. The molecular formula is C19H19F3N2O. The SMILES string of the molecule is OC(CN1CCC(F)C1)Cn1c2ccc(F)cc2c2cc(F)ccc21. The van der Waals surface area contributed by atoms with Gasteiger partial charge < -0.3 is 9.67 Å². The van der Waals surface area contributed by atoms with Gasteiger partial charge in [0.25, 0.3) is 0 Å². The zero-order valence-electron chi connectivity index (χ0n) is 13.6. The minimum Gasteiger partial charge on any atom is -0.390 e. The van der Waals surface area contributed by atoms with Gasteiger partial charge >= 0.3 is 0 Å². The fraction of sp³-hybridized carbons (Fsp3) is 0.368. The van der Waals surface area contributed by atoms with Gasteiger partial charge in [-0.05, 0) is 42.8 Å². The van der Waals surface area contributed by atoms with Crippen molar-refractivity contribution in [1.29, 1.82) is 0 Å². The summed E-state index contributed by atoms with van der Waals surface area (Å²) in [6.07, 6.45) is -1.02. The van der Waals surface area contributed by atoms with Crippen molar-refractivity contribution in [3.05, 3.63) is 48.0 Å². The molecule has 0 aliphatic carbocycles. The van der Waals surface area contributed by atoms with E-state index >= 15 is 0 Å². The average Bonchev–Trinajstić information content (AvgIpc) is 3.09. The summed E-state index contributed by atoms with van der Waals surface area (Å²) in [7, 11) is 0. The molecule has 0 radical (unpaired) electrons. The Morgan fingerprint density at radius 2 is 1.60 bits per heavy atom. The second-order valence-electron chi connectivity index (χ2n) is 6.73. The third-order valence-electron chi connectivity index (χ3n) is 4.87. The van der Waals surface area contributed by atoms with Crippen LogP contribution >= 0.6 is 0 Å². The standard InChI is InChI=1S/C19H19F3N2O/c20-12-1-3-18-16(7-12)17-8-13(21)2-4-19(17)24(18)11-15(25)10-23-6-5-14(22)9-23/h1-4,7-8,14-15,25H,5-6,9-11H2. The zero-order chi connectivity index (χ0) is 17.6. The number of likely N-dealkylation sites (tertiary alicyclic amines) is 1. The van der Waals surface area contributed by atoms with Gasteiger partial charge in [-0.25, -0.2) is 13.2 Å². The summed E-state index contributed by atoms with van der Waals surface area (Å²) < 4.78 is 42.5. The van der Waals surface area contributed by atoms with Crippen molar-refractivity contribution < 1.29 is 18.3 Å². The summed E-state index contributed by atoms with van der Waals surface area (Å²) in [5, 5.41) is 11.7. The van der Waals surface area contributed by atoms with Crippen LogP contribution < -0.4 is 0 Å². The second kappa shape index (κ2) is 6.35. The number of halogens is 3. The van der Waals surface area contributed by atoms with Crippen LogP contribution in [0.3, 0.4) is 0 Å². The molecule has 132 valence electrons. The highest BCUT2D eigenvalue weighted by Gasteiger charge is 2.24. The van der Waals surface area contributed by atoms with Crippen LogP contribution in [0.1, 0.15) is 6.42 Å². The van der Waals surface area contributed by atoms with Crippen molar-refractivity contribution in [3.63, 3.8) is 0 Å². The Bertz CT molecular complexity index is 865. The van der Waals surface area contributed by atoms with Crippen LogP contribution in [0, 0.1) is 11.6 Å². The van der Waals surface area contributed by atoms with Gasteiger partial charge in [-0.15, -0.1) is 0 Å². The largest absolute Gasteiger partial charge is 0.390 e. The predicted molar refractivity (Wildman–Crippen MR) is 91.3 cm³/mol. The number of aliphatic hydroxyl groups excluding tert-OH is 1. The molecule has 0 amide bonds. The Morgan fingerprint density at radius 3 is 2.12 bits per heavy atom. The number of benzene rings is 2. The minimum absolute atomic E-state index is 0.282. The number of nitrogens with zero attached hydrogens (tertiary/aromatic N) is 2. The van der Waals surface area contributed by atoms with E-state index in [-0.39, 0.29) is 18.2 Å². The van der Waals surface area contributed by atoms with Crippen molar-refractivity contribution >= 4 is 21.8 Å². The molecule has 0 spiro atoms. The summed E-state index contributed by atoms with van der Waals surface area (Å²) in [5.74, 6) is -0.773. The summed E-state index contributed by atoms with van der Waals surface area (Å²) in [5.41, 5.74) is 1.48. The van der Waals surface area contributed by atoms with E-state index in [0.29, 0.717) is 36.8 Å². The summed E-state index contributed by atoms with van der Waals surface area (Å²) >= 11 is 0. The first kappa shape index (κ1) is 16.4. The van der Waals surface area contributed by atoms with Crippen LogP contribution in [0.15, 0.2) is 36.4 Å². The highest BCUT2D eigenvalue weighted by Crippen LogP contribution is 2.30. The Balaban J connectivity index is 1.70. The lowest BCUT2D eigenvalue weighted by Gasteiger charge is -2.20. The molecule has 0 saturated carbocycles. The van der Waals surface area contributed by atoms with Crippen LogP contribution in [0.2, 0.25) is 0 Å². The van der Waals surface area contributed by atoms with Crippen LogP contribution in [0.4, 0.5) is 13.2 Å². The molecular weight excluding hydrogens is 329 g/mol. The Labute approximate surface area is 143 Å². The van der Waals surface area contributed by atoms with E-state index in [0.717, 1.165) is 11.0 Å². The molecule has 1 N–H and O–H groups in total. The summed E-state index contributed by atoms with van der Waals surface area (Å²) in [6, 6.07) is 8.76. The molecule has 3 nitrogen and oxygen atoms in total. The van der Waals surface area contributed by atoms with E-state index in [4.69, 9.17) is 0 Å². The van der Waals surface area contributed by atoms with Gasteiger partial charge in [-0.3, -0.25) is 4.90 Å². The molecule has 4 rings (SSSR count). The minimum atomic E-state index is -0.827. The molecule has 6 heteroatoms. The quantitative estimate of drug-likeness (QED) is 0.782. The topological polar surface area (TPSA) is 28.4 Å². The van der Waals surface area contributed by atoms with Crippen molar-refractivity contribution in [2.75, 3.05) is 19.6 Å². The van der Waals surface area contributed by atoms with Gasteiger partial charge in [-0.1, -0.05) is 0 Å². The van der Waals surface area contributed by atoms with Gasteiger partial charge in [0.05, 0.1) is 12.6 Å². The van der Waals surface area contributed by atoms with E-state index < -0.39 is 12.3 Å². The highest BCUT2D eigenvalue weighted by molar-refractivity contribution is 6.08. The lowest BCUT2D eigenvalue weighted by atomic mass is 10.1. The summed E-state index contributed by atoms with van der Waals surface area (Å²) in [6.45, 7) is 1.65. The van der Waals surface area contributed by atoms with Gasteiger partial charge in [-0.2, -0.15) is 0 Å². The molecule has 2 heterocycles. The van der Waals surface area contributed by atoms with Crippen LogP contribution in [-0.2, 0) is 6.54 Å². The summed E-state index contributed by atoms with van der Waals surface area (Å²) in [4.78, 5) is 1.91. The highest BCUT2D eigenvalue weighted by atomic mass is 19.1. The number of alkyl halides is 1. The normalized spacial score (nSPS) is 19.9. The van der Waals surface area contributed by atoms with Crippen molar-refractivity contribution in [2.45, 2.75) is 25.2 Å². The molecule has 1 aromatic heterocycles. The van der Waals surface area contributed by atoms with Crippen LogP contribution in [0.5, 0.6) is 0 Å². The maximum Gasteiger partial charge on any atom is 0.123 e. The number of rotatable bonds is 4. The number of aliphatic hydroxyl groups is 1. The molecule has 0 bridgehead atoms. The smallest absolute Gasteiger partial charge is 0.123 e. The molecule has 1 saturated heterocycles. The third kappa shape index (κ3) is 3.12. The van der Waals surface area contributed by atoms with Gasteiger partial charge in [0.1, 0.15) is 17.8 Å². The lowest BCUT2D eigenvalue weighted by molar-refractivity contribution is 0.108. The number of hydrogen-bond acceptors (Lipinski definition) is 2. The Morgan fingerprint density at radius 1 is 1.00 bits per heavy atom. The number of fused-ring (bicyclic) bond motifs is 3. The molecule has 2 atom stereocenters. The lowest BCUT2D eigenvalue weighted by Crippen LogP contribution is -2.33. The molecule has 25 heavy (non-hydrogen) atoms. The number of β-amino-alcohol motifs (C(OH)–C–C–N with tert-alkyl or cyclic N) is 1. The fourth-order valence-electron chi connectivity index (χ4n) is 3.76. The van der Waals surface area contributed by atoms with Crippen molar-refractivity contribution in [3.8, 4) is 0 Å². The van der Waals surface area contributed by atoms with E-state index in [9.17, 15) is 18.3 Å². The second-order valence-corrected chi connectivity index (χ2v) is 6.73. The Kier molecular flexibility index (Phi) is 4.17. The van der Waals surface area contributed by atoms with E-state index in [2.05, 4.69) is 0 Å². The van der Waals surface area contributed by atoms with E-state index in [1.807, 2.05) is 9.47 Å². The first-order chi connectivity index (χ1) is 12.0. The maximum absolute atomic E-state index is 13.6. The van der Waals surface area contributed by atoms with E-state index in [1.165, 1.54) is 24.3 Å². The van der Waals surface area contributed by atoms with Crippen molar-refractivity contribution in [1.82, 2.24) is 9.47 Å². The third-order valence-corrected chi connectivity index (χ3v) is 4.87. The first-order valence-electron chi connectivity index (χ1n) is 8.43. The average molecular weight is 348 g/mol. The van der Waals surface area contributed by atoms with Crippen molar-refractivity contribution in [2.24, 2.45) is 0 Å². The first-order valence-corrected chi connectivity index (χ1v) is 8.43. The van der Waals surface area contributed by atoms with Gasteiger partial charge in [0, 0.05) is 41.4 Å². The monoisotopic (exact) mass is 348 g/mol. The fourth-order valence-corrected chi connectivity index (χ4v) is 3.76. The number of aromatic nitrogens is 1. The molecule has 2 unspecified atom stereocenters. The van der Waals surface area contributed by atoms with Gasteiger partial charge in [0.15, 0.2) is 0 Å². The molecule has 1 aliphatic rings. The zero-order valence-corrected chi connectivity index (χ0v) is 13.6. The Hall–Kier alpha value is -2.05. The van der Waals surface area contributed by atoms with E-state index in [1.54, 1.807) is 12.1 Å².